The van der Waals surface area contributed by atoms with Gasteiger partial charge in [-0.2, -0.15) is 0 Å². The van der Waals surface area contributed by atoms with E-state index in [1.54, 1.807) is 20.8 Å². The van der Waals surface area contributed by atoms with Crippen molar-refractivity contribution in [3.63, 3.8) is 0 Å². The lowest BCUT2D eigenvalue weighted by Crippen LogP contribution is -2.65. The predicted molar refractivity (Wildman–Crippen MR) is 120 cm³/mol. The molecule has 1 rings (SSSR count). The number of nitrogens with one attached hydrogen (secondary N) is 1. The van der Waals surface area contributed by atoms with Crippen LogP contribution in [0.2, 0.25) is 0 Å². The highest BCUT2D eigenvalue weighted by atomic mass is 16.6. The first kappa shape index (κ1) is 29.8. The summed E-state index contributed by atoms with van der Waals surface area (Å²) in [6.07, 6.45) is -0.940. The van der Waals surface area contributed by atoms with Gasteiger partial charge in [-0.3, -0.25) is 9.59 Å². The van der Waals surface area contributed by atoms with Crippen LogP contribution in [0.15, 0.2) is 24.3 Å². The maximum absolute atomic E-state index is 12.9. The van der Waals surface area contributed by atoms with Crippen LogP contribution in [0, 0.1) is 0 Å². The molecule has 0 aliphatic heterocycles. The van der Waals surface area contributed by atoms with Gasteiger partial charge in [0.1, 0.15) is 5.60 Å². The highest BCUT2D eigenvalue weighted by molar-refractivity contribution is 6.13. The number of carboxylic acids is 2. The number of aliphatic hydroxyl groups is 2. The summed E-state index contributed by atoms with van der Waals surface area (Å²) in [5.41, 5.74) is 5.48. The Hall–Kier alpha value is -3.23. The molecule has 1 aromatic carbocycles. The second-order valence-electron chi connectivity index (χ2n) is 8.99. The summed E-state index contributed by atoms with van der Waals surface area (Å²) in [6, 6.07) is 4.23. The largest absolute Gasteiger partial charge is 0.479 e. The number of rotatable bonds is 13. The molecule has 0 amide bonds. The lowest BCUT2D eigenvalue weighted by Gasteiger charge is -2.29. The molecule has 9 N–H and O–H groups in total. The van der Waals surface area contributed by atoms with Gasteiger partial charge in [-0.15, -0.1) is 0 Å². The number of nitrogens with two attached hydrogens (primary N) is 2. The minimum absolute atomic E-state index is 0.150. The van der Waals surface area contributed by atoms with Crippen molar-refractivity contribution in [1.82, 2.24) is 5.32 Å². The zero-order valence-electron chi connectivity index (χ0n) is 19.6. The Morgan fingerprint density at radius 1 is 0.914 bits per heavy atom. The minimum Gasteiger partial charge on any atom is -0.479 e. The van der Waals surface area contributed by atoms with Crippen LogP contribution in [-0.4, -0.2) is 85.8 Å². The standard InChI is InChI=1S/C22H31N3O10/c1-20(2,3)35-17(30)13-6-4-12(5-7-13)9-25-14(16(29)22(24,11-27)19(33)34)8-15(28)21(23,10-26)18(31)32/h4-7,14,25-27H,8-11,23-24H2,1-3H3,(H,31,32)(H,33,34). The Labute approximate surface area is 201 Å². The number of carboxylic acid groups (broad SMARTS) is 2. The second-order valence-corrected chi connectivity index (χ2v) is 8.99. The van der Waals surface area contributed by atoms with Gasteiger partial charge in [-0.25, -0.2) is 14.4 Å². The third-order valence-corrected chi connectivity index (χ3v) is 5.05. The molecule has 0 radical (unpaired) electrons. The van der Waals surface area contributed by atoms with Gasteiger partial charge in [0.05, 0.1) is 24.8 Å². The molecule has 0 bridgehead atoms. The molecule has 0 heterocycles. The number of hydrogen-bond acceptors (Lipinski definition) is 11. The van der Waals surface area contributed by atoms with Gasteiger partial charge < -0.3 is 41.9 Å². The summed E-state index contributed by atoms with van der Waals surface area (Å²) in [5.74, 6) is -6.87. The number of benzene rings is 1. The van der Waals surface area contributed by atoms with Crippen LogP contribution in [0.3, 0.4) is 0 Å². The molecule has 0 aromatic heterocycles. The maximum Gasteiger partial charge on any atom is 0.338 e. The number of carbonyl (C=O) groups excluding carboxylic acids is 3. The fourth-order valence-electron chi connectivity index (χ4n) is 2.80. The van der Waals surface area contributed by atoms with Gasteiger partial charge in [-0.1, -0.05) is 12.1 Å². The molecular formula is C22H31N3O10. The molecule has 0 fully saturated rings. The van der Waals surface area contributed by atoms with Crippen LogP contribution in [0.25, 0.3) is 0 Å². The monoisotopic (exact) mass is 497 g/mol. The van der Waals surface area contributed by atoms with Crippen LogP contribution in [0.1, 0.15) is 43.1 Å². The van der Waals surface area contributed by atoms with Crippen molar-refractivity contribution in [3.05, 3.63) is 35.4 Å². The van der Waals surface area contributed by atoms with Crippen molar-refractivity contribution in [1.29, 1.82) is 0 Å². The highest BCUT2D eigenvalue weighted by Gasteiger charge is 2.48. The first-order valence-corrected chi connectivity index (χ1v) is 10.4. The van der Waals surface area contributed by atoms with Gasteiger partial charge in [0.15, 0.2) is 22.6 Å². The summed E-state index contributed by atoms with van der Waals surface area (Å²) in [4.78, 5) is 60.4. The molecule has 13 nitrogen and oxygen atoms in total. The van der Waals surface area contributed by atoms with E-state index in [1.807, 2.05) is 0 Å². The van der Waals surface area contributed by atoms with E-state index in [2.05, 4.69) is 5.32 Å². The van der Waals surface area contributed by atoms with Crippen LogP contribution in [0.4, 0.5) is 0 Å². The molecule has 0 saturated carbocycles. The van der Waals surface area contributed by atoms with Crippen molar-refractivity contribution >= 4 is 29.5 Å². The van der Waals surface area contributed by atoms with Crippen molar-refractivity contribution in [2.24, 2.45) is 11.5 Å². The fraction of sp³-hybridized carbons (Fsp3) is 0.500. The normalized spacial score (nSPS) is 15.9. The van der Waals surface area contributed by atoms with Crippen molar-refractivity contribution in [2.45, 2.75) is 56.5 Å². The first-order valence-electron chi connectivity index (χ1n) is 10.4. The van der Waals surface area contributed by atoms with E-state index in [0.29, 0.717) is 5.56 Å². The molecule has 194 valence electrons. The molecule has 0 saturated heterocycles. The molecule has 35 heavy (non-hydrogen) atoms. The molecule has 0 aliphatic carbocycles. The van der Waals surface area contributed by atoms with Crippen molar-refractivity contribution in [2.75, 3.05) is 13.2 Å². The lowest BCUT2D eigenvalue weighted by atomic mass is 9.84. The fourth-order valence-corrected chi connectivity index (χ4v) is 2.80. The molecule has 3 atom stereocenters. The average molecular weight is 498 g/mol. The van der Waals surface area contributed by atoms with Gasteiger partial charge >= 0.3 is 17.9 Å². The van der Waals surface area contributed by atoms with Crippen LogP contribution < -0.4 is 16.8 Å². The van der Waals surface area contributed by atoms with E-state index < -0.39 is 71.8 Å². The van der Waals surface area contributed by atoms with Gasteiger partial charge in [0.25, 0.3) is 0 Å². The first-order chi connectivity index (χ1) is 16.0. The molecule has 1 aromatic rings. The number of aliphatic carboxylic acids is 2. The Morgan fingerprint density at radius 3 is 1.80 bits per heavy atom. The number of Topliss-reactive ketones (excluding diaryl/α,β-unsaturated/α-hetero) is 2. The number of ketones is 2. The quantitative estimate of drug-likeness (QED) is 0.117. The second kappa shape index (κ2) is 11.5. The summed E-state index contributed by atoms with van der Waals surface area (Å²) >= 11 is 0. The molecule has 3 unspecified atom stereocenters. The minimum atomic E-state index is -2.79. The highest BCUT2D eigenvalue weighted by Crippen LogP contribution is 2.16. The third kappa shape index (κ3) is 7.37. The van der Waals surface area contributed by atoms with Crippen LogP contribution in [0.5, 0.6) is 0 Å². The van der Waals surface area contributed by atoms with Crippen LogP contribution in [-0.2, 0) is 30.5 Å². The van der Waals surface area contributed by atoms with E-state index in [4.69, 9.17) is 16.2 Å². The Bertz CT molecular complexity index is 973. The SMILES string of the molecule is CC(C)(C)OC(=O)c1ccc(CNC(CC(=O)C(N)(CO)C(=O)O)C(=O)C(N)(CO)C(=O)O)cc1. The maximum atomic E-state index is 12.9. The number of esters is 1. The zero-order chi connectivity index (χ0) is 27.2. The lowest BCUT2D eigenvalue weighted by molar-refractivity contribution is -0.154. The Morgan fingerprint density at radius 2 is 1.40 bits per heavy atom. The van der Waals surface area contributed by atoms with Gasteiger partial charge in [0, 0.05) is 13.0 Å². The summed E-state index contributed by atoms with van der Waals surface area (Å²) in [7, 11) is 0. The summed E-state index contributed by atoms with van der Waals surface area (Å²) < 4.78 is 5.26. The zero-order valence-corrected chi connectivity index (χ0v) is 19.6. The van der Waals surface area contributed by atoms with Crippen LogP contribution >= 0.6 is 0 Å². The third-order valence-electron chi connectivity index (χ3n) is 5.05. The summed E-state index contributed by atoms with van der Waals surface area (Å²) in [6.45, 7) is 2.40. The van der Waals surface area contributed by atoms with E-state index in [0.717, 1.165) is 0 Å². The van der Waals surface area contributed by atoms with Crippen molar-refractivity contribution < 1.29 is 49.1 Å². The smallest absolute Gasteiger partial charge is 0.338 e. The average Bonchev–Trinajstić information content (AvgIpc) is 2.78. The number of carbonyl (C=O) groups is 5. The van der Waals surface area contributed by atoms with Crippen molar-refractivity contribution in [3.8, 4) is 0 Å². The van der Waals surface area contributed by atoms with Gasteiger partial charge in [0.2, 0.25) is 0 Å². The molecular weight excluding hydrogens is 466 g/mol. The molecule has 13 heteroatoms. The number of aliphatic hydroxyl groups excluding tert-OH is 2. The molecule has 0 aliphatic rings. The topological polar surface area (TPSA) is 240 Å². The Balaban J connectivity index is 3.16. The van der Waals surface area contributed by atoms with E-state index in [-0.39, 0.29) is 12.1 Å². The Kier molecular flexibility index (Phi) is 9.76. The van der Waals surface area contributed by atoms with E-state index >= 15 is 0 Å². The van der Waals surface area contributed by atoms with E-state index in [1.165, 1.54) is 24.3 Å². The molecule has 0 spiro atoms. The number of ether oxygens (including phenoxy) is 1. The predicted octanol–water partition coefficient (Wildman–Crippen LogP) is -1.82. The summed E-state index contributed by atoms with van der Waals surface area (Å²) in [5, 5.41) is 39.8. The van der Waals surface area contributed by atoms with Gasteiger partial charge in [-0.05, 0) is 38.5 Å². The number of hydrogen-bond donors (Lipinski definition) is 7. The van der Waals surface area contributed by atoms with E-state index in [9.17, 15) is 44.4 Å².